The summed E-state index contributed by atoms with van der Waals surface area (Å²) in [6, 6.07) is -0.324. The van der Waals surface area contributed by atoms with Gasteiger partial charge in [0.2, 0.25) is 0 Å². The fourth-order valence-electron chi connectivity index (χ4n) is 2.36. The maximum absolute atomic E-state index is 12.2. The highest BCUT2D eigenvalue weighted by Gasteiger charge is 2.24. The van der Waals surface area contributed by atoms with E-state index in [1.54, 1.807) is 24.7 Å². The number of fused-ring (bicyclic) bond motifs is 1. The van der Waals surface area contributed by atoms with Crippen LogP contribution in [0.4, 0.5) is 5.82 Å². The summed E-state index contributed by atoms with van der Waals surface area (Å²) in [5.74, 6) is 0.352. The third-order valence-electron chi connectivity index (χ3n) is 3.25. The summed E-state index contributed by atoms with van der Waals surface area (Å²) in [5.41, 5.74) is 0.679. The Hall–Kier alpha value is -1.65. The summed E-state index contributed by atoms with van der Waals surface area (Å²) >= 11 is 0. The van der Waals surface area contributed by atoms with Gasteiger partial charge in [-0.3, -0.25) is 14.2 Å². The van der Waals surface area contributed by atoms with Crippen molar-refractivity contribution >= 4 is 11.6 Å². The first-order valence-corrected chi connectivity index (χ1v) is 5.93. The largest absolute Gasteiger partial charge is 0.369 e. The number of carbonyl (C=O) groups is 1. The lowest BCUT2D eigenvalue weighted by Crippen LogP contribution is -2.32. The van der Waals surface area contributed by atoms with E-state index in [0.717, 1.165) is 31.4 Å². The van der Waals surface area contributed by atoms with Crippen molar-refractivity contribution in [3.8, 4) is 0 Å². The highest BCUT2D eigenvalue weighted by atomic mass is 16.1. The SMILES string of the molecule is CNc1ncc2n(c1=O)C(C(C)=O)CCCC2. The van der Waals surface area contributed by atoms with Crippen molar-refractivity contribution in [3.05, 3.63) is 22.2 Å². The van der Waals surface area contributed by atoms with Gasteiger partial charge in [0.15, 0.2) is 11.6 Å². The maximum atomic E-state index is 12.2. The predicted molar refractivity (Wildman–Crippen MR) is 65.3 cm³/mol. The molecule has 0 bridgehead atoms. The van der Waals surface area contributed by atoms with Crippen molar-refractivity contribution < 1.29 is 4.79 Å². The van der Waals surface area contributed by atoms with Crippen LogP contribution in [0.5, 0.6) is 0 Å². The molecule has 1 unspecified atom stereocenters. The fourth-order valence-corrected chi connectivity index (χ4v) is 2.36. The quantitative estimate of drug-likeness (QED) is 0.835. The van der Waals surface area contributed by atoms with E-state index in [2.05, 4.69) is 10.3 Å². The highest BCUT2D eigenvalue weighted by molar-refractivity contribution is 5.80. The Morgan fingerprint density at radius 3 is 2.94 bits per heavy atom. The van der Waals surface area contributed by atoms with Gasteiger partial charge in [0.05, 0.1) is 6.04 Å². The average molecular weight is 235 g/mol. The first kappa shape index (κ1) is 11.8. The summed E-state index contributed by atoms with van der Waals surface area (Å²) in [6.45, 7) is 1.55. The van der Waals surface area contributed by atoms with Crippen LogP contribution in [0.15, 0.2) is 11.0 Å². The van der Waals surface area contributed by atoms with Gasteiger partial charge in [-0.05, 0) is 26.2 Å². The van der Waals surface area contributed by atoms with E-state index in [-0.39, 0.29) is 17.4 Å². The van der Waals surface area contributed by atoms with Crippen LogP contribution in [-0.2, 0) is 11.2 Å². The third kappa shape index (κ3) is 2.09. The number of hydrogen-bond donors (Lipinski definition) is 1. The Morgan fingerprint density at radius 1 is 1.53 bits per heavy atom. The Morgan fingerprint density at radius 2 is 2.29 bits per heavy atom. The van der Waals surface area contributed by atoms with Crippen molar-refractivity contribution in [3.63, 3.8) is 0 Å². The molecule has 0 fully saturated rings. The maximum Gasteiger partial charge on any atom is 0.294 e. The Bertz CT molecular complexity index is 493. The lowest BCUT2D eigenvalue weighted by molar-refractivity contribution is -0.120. The number of nitrogens with one attached hydrogen (secondary N) is 1. The number of carbonyl (C=O) groups excluding carboxylic acids is 1. The monoisotopic (exact) mass is 235 g/mol. The smallest absolute Gasteiger partial charge is 0.294 e. The number of rotatable bonds is 2. The van der Waals surface area contributed by atoms with Gasteiger partial charge < -0.3 is 5.32 Å². The zero-order valence-electron chi connectivity index (χ0n) is 10.2. The number of ketones is 1. The summed E-state index contributed by atoms with van der Waals surface area (Å²) < 4.78 is 1.62. The first-order valence-electron chi connectivity index (χ1n) is 5.93. The average Bonchev–Trinajstić information content (AvgIpc) is 2.52. The Balaban J connectivity index is 2.61. The number of hydrogen-bond acceptors (Lipinski definition) is 4. The Labute approximate surface area is 99.9 Å². The van der Waals surface area contributed by atoms with E-state index in [0.29, 0.717) is 5.82 Å². The van der Waals surface area contributed by atoms with Crippen LogP contribution >= 0.6 is 0 Å². The first-order chi connectivity index (χ1) is 8.15. The minimum Gasteiger partial charge on any atom is -0.369 e. The lowest BCUT2D eigenvalue weighted by atomic mass is 10.1. The number of nitrogens with zero attached hydrogens (tertiary/aromatic N) is 2. The van der Waals surface area contributed by atoms with Crippen molar-refractivity contribution in [2.75, 3.05) is 12.4 Å². The van der Waals surface area contributed by atoms with Crippen molar-refractivity contribution in [2.24, 2.45) is 0 Å². The highest BCUT2D eigenvalue weighted by Crippen LogP contribution is 2.22. The van der Waals surface area contributed by atoms with Gasteiger partial charge in [0.1, 0.15) is 0 Å². The molecule has 2 heterocycles. The molecule has 5 nitrogen and oxygen atoms in total. The second kappa shape index (κ2) is 4.69. The van der Waals surface area contributed by atoms with E-state index >= 15 is 0 Å². The van der Waals surface area contributed by atoms with Gasteiger partial charge >= 0.3 is 0 Å². The normalized spacial score (nSPS) is 19.3. The summed E-state index contributed by atoms with van der Waals surface area (Å²) in [5, 5.41) is 2.77. The molecule has 1 atom stereocenters. The number of anilines is 1. The van der Waals surface area contributed by atoms with Crippen LogP contribution in [-0.4, -0.2) is 22.4 Å². The number of aryl methyl sites for hydroxylation is 1. The topological polar surface area (TPSA) is 64.0 Å². The third-order valence-corrected chi connectivity index (χ3v) is 3.25. The minimum absolute atomic E-state index is 0.0449. The summed E-state index contributed by atoms with van der Waals surface area (Å²) in [6.07, 6.45) is 5.24. The second-order valence-electron chi connectivity index (χ2n) is 4.40. The van der Waals surface area contributed by atoms with E-state index in [1.807, 2.05) is 0 Å². The molecule has 92 valence electrons. The zero-order chi connectivity index (χ0) is 12.4. The second-order valence-corrected chi connectivity index (χ2v) is 4.40. The van der Waals surface area contributed by atoms with Crippen LogP contribution in [0.2, 0.25) is 0 Å². The molecule has 1 aromatic rings. The van der Waals surface area contributed by atoms with E-state index < -0.39 is 0 Å². The molecular weight excluding hydrogens is 218 g/mol. The molecule has 17 heavy (non-hydrogen) atoms. The van der Waals surface area contributed by atoms with Crippen LogP contribution in [0.1, 0.15) is 37.9 Å². The van der Waals surface area contributed by atoms with E-state index in [1.165, 1.54) is 0 Å². The standard InChI is InChI=1S/C12H17N3O2/c1-8(16)10-6-4-3-5-9-7-14-11(13-2)12(17)15(9)10/h7,10H,3-6H2,1-2H3,(H,13,14). The van der Waals surface area contributed by atoms with Gasteiger partial charge in [-0.1, -0.05) is 6.42 Å². The molecule has 0 aliphatic carbocycles. The van der Waals surface area contributed by atoms with Gasteiger partial charge in [0.25, 0.3) is 5.56 Å². The van der Waals surface area contributed by atoms with Gasteiger partial charge in [0, 0.05) is 18.9 Å². The van der Waals surface area contributed by atoms with Crippen molar-refractivity contribution in [1.29, 1.82) is 0 Å². The molecule has 5 heteroatoms. The molecule has 0 saturated heterocycles. The molecule has 2 rings (SSSR count). The fraction of sp³-hybridized carbons (Fsp3) is 0.583. The molecule has 0 spiro atoms. The molecule has 0 amide bonds. The van der Waals surface area contributed by atoms with Crippen LogP contribution in [0, 0.1) is 0 Å². The minimum atomic E-state index is -0.324. The van der Waals surface area contributed by atoms with Crippen LogP contribution in [0.25, 0.3) is 0 Å². The molecule has 0 radical (unpaired) electrons. The van der Waals surface area contributed by atoms with Crippen molar-refractivity contribution in [1.82, 2.24) is 9.55 Å². The van der Waals surface area contributed by atoms with Gasteiger partial charge in [-0.25, -0.2) is 4.98 Å². The predicted octanol–water partition coefficient (Wildman–Crippen LogP) is 1.14. The lowest BCUT2D eigenvalue weighted by Gasteiger charge is -2.18. The van der Waals surface area contributed by atoms with E-state index in [9.17, 15) is 9.59 Å². The Kier molecular flexibility index (Phi) is 3.26. The molecule has 0 saturated carbocycles. The van der Waals surface area contributed by atoms with Gasteiger partial charge in [-0.2, -0.15) is 0 Å². The summed E-state index contributed by atoms with van der Waals surface area (Å²) in [4.78, 5) is 28.0. The number of Topliss-reactive ketones (excluding diaryl/α,β-unsaturated/α-hetero) is 1. The molecule has 1 N–H and O–H groups in total. The van der Waals surface area contributed by atoms with Crippen LogP contribution < -0.4 is 10.9 Å². The molecule has 1 aromatic heterocycles. The number of aromatic nitrogens is 2. The molecule has 1 aliphatic rings. The zero-order valence-corrected chi connectivity index (χ0v) is 10.2. The molecule has 0 aromatic carbocycles. The van der Waals surface area contributed by atoms with E-state index in [4.69, 9.17) is 0 Å². The van der Waals surface area contributed by atoms with Crippen molar-refractivity contribution in [2.45, 2.75) is 38.6 Å². The molecule has 1 aliphatic heterocycles. The molecular formula is C12H17N3O2. The summed E-state index contributed by atoms with van der Waals surface area (Å²) in [7, 11) is 1.66. The van der Waals surface area contributed by atoms with Crippen LogP contribution in [0.3, 0.4) is 0 Å². The van der Waals surface area contributed by atoms with Gasteiger partial charge in [-0.15, -0.1) is 0 Å².